The lowest BCUT2D eigenvalue weighted by Gasteiger charge is -2.04. The van der Waals surface area contributed by atoms with E-state index >= 15 is 0 Å². The lowest BCUT2D eigenvalue weighted by atomic mass is 10.1. The number of allylic oxidation sites excluding steroid dienone is 2. The number of halogens is 3. The van der Waals surface area contributed by atoms with Crippen LogP contribution < -0.4 is 0 Å². The first-order valence-corrected chi connectivity index (χ1v) is 8.08. The van der Waals surface area contributed by atoms with E-state index in [1.54, 1.807) is 6.08 Å². The summed E-state index contributed by atoms with van der Waals surface area (Å²) < 4.78 is 26.4. The third kappa shape index (κ3) is 4.28. The van der Waals surface area contributed by atoms with Gasteiger partial charge in [-0.15, -0.1) is 0 Å². The molecule has 0 saturated heterocycles. The monoisotopic (exact) mass is 357 g/mol. The Kier molecular flexibility index (Phi) is 5.19. The topological polar surface area (TPSA) is 30.0 Å². The van der Waals surface area contributed by atoms with E-state index in [2.05, 4.69) is 4.98 Å². The maximum absolute atomic E-state index is 13.6. The summed E-state index contributed by atoms with van der Waals surface area (Å²) in [6.07, 6.45) is 3.37. The fourth-order valence-electron chi connectivity index (χ4n) is 2.51. The molecule has 0 atom stereocenters. The Bertz CT molecular complexity index is 969. The van der Waals surface area contributed by atoms with Crippen molar-refractivity contribution in [2.75, 3.05) is 0 Å². The van der Waals surface area contributed by atoms with Crippen LogP contribution in [-0.2, 0) is 17.6 Å². The van der Waals surface area contributed by atoms with Crippen LogP contribution >= 0.6 is 11.6 Å². The Balaban J connectivity index is 1.68. The maximum atomic E-state index is 13.6. The van der Waals surface area contributed by atoms with Crippen molar-refractivity contribution in [3.8, 4) is 0 Å². The van der Waals surface area contributed by atoms with Gasteiger partial charge in [0.25, 0.3) is 0 Å². The van der Waals surface area contributed by atoms with Crippen LogP contribution in [0.5, 0.6) is 0 Å². The van der Waals surface area contributed by atoms with E-state index in [9.17, 15) is 13.6 Å². The molecule has 2 aromatic carbocycles. The summed E-state index contributed by atoms with van der Waals surface area (Å²) in [6, 6.07) is 12.7. The summed E-state index contributed by atoms with van der Waals surface area (Å²) in [7, 11) is 0. The van der Waals surface area contributed by atoms with Gasteiger partial charge in [0, 0.05) is 17.9 Å². The van der Waals surface area contributed by atoms with Crippen molar-refractivity contribution >= 4 is 28.3 Å². The third-order valence-corrected chi connectivity index (χ3v) is 4.10. The second-order valence-corrected chi connectivity index (χ2v) is 5.97. The third-order valence-electron chi connectivity index (χ3n) is 3.77. The SMILES string of the molecule is O=C(/C=C/Cc1cc2ccccc2nc1Cl)Cc1ccc(F)cc1F. The van der Waals surface area contributed by atoms with Crippen LogP contribution in [0, 0.1) is 11.6 Å². The summed E-state index contributed by atoms with van der Waals surface area (Å²) in [5, 5.41) is 1.36. The molecule has 0 fully saturated rings. The number of nitrogens with zero attached hydrogens (tertiary/aromatic N) is 1. The van der Waals surface area contributed by atoms with Crippen LogP contribution in [0.1, 0.15) is 11.1 Å². The lowest BCUT2D eigenvalue weighted by Crippen LogP contribution is -2.01. The highest BCUT2D eigenvalue weighted by atomic mass is 35.5. The summed E-state index contributed by atoms with van der Waals surface area (Å²) in [6.45, 7) is 0. The van der Waals surface area contributed by atoms with E-state index in [-0.39, 0.29) is 17.8 Å². The molecular weight excluding hydrogens is 344 g/mol. The van der Waals surface area contributed by atoms with E-state index in [0.717, 1.165) is 28.6 Å². The zero-order valence-electron chi connectivity index (χ0n) is 13.2. The molecule has 5 heteroatoms. The molecule has 126 valence electrons. The Labute approximate surface area is 148 Å². The van der Waals surface area contributed by atoms with E-state index in [0.29, 0.717) is 11.6 Å². The molecule has 3 rings (SSSR count). The molecule has 3 aromatic rings. The molecule has 0 bridgehead atoms. The molecule has 0 amide bonds. The quantitative estimate of drug-likeness (QED) is 0.471. The first-order chi connectivity index (χ1) is 12.0. The van der Waals surface area contributed by atoms with Gasteiger partial charge in [0.15, 0.2) is 5.78 Å². The van der Waals surface area contributed by atoms with Gasteiger partial charge in [0.05, 0.1) is 5.52 Å². The number of benzene rings is 2. The molecule has 1 aromatic heterocycles. The van der Waals surface area contributed by atoms with Crippen LogP contribution in [-0.4, -0.2) is 10.8 Å². The van der Waals surface area contributed by atoms with Gasteiger partial charge in [-0.05, 0) is 41.8 Å². The minimum Gasteiger partial charge on any atom is -0.294 e. The van der Waals surface area contributed by atoms with Crippen molar-refractivity contribution in [1.29, 1.82) is 0 Å². The van der Waals surface area contributed by atoms with Gasteiger partial charge in [0.1, 0.15) is 16.8 Å². The number of para-hydroxylation sites is 1. The highest BCUT2D eigenvalue weighted by Gasteiger charge is 2.08. The number of aromatic nitrogens is 1. The van der Waals surface area contributed by atoms with E-state index in [1.807, 2.05) is 30.3 Å². The van der Waals surface area contributed by atoms with Gasteiger partial charge in [-0.1, -0.05) is 41.9 Å². The Morgan fingerprint density at radius 1 is 1.08 bits per heavy atom. The molecule has 0 aliphatic carbocycles. The molecule has 25 heavy (non-hydrogen) atoms. The molecule has 0 aliphatic heterocycles. The predicted octanol–water partition coefficient (Wildman–Crippen LogP) is 5.08. The van der Waals surface area contributed by atoms with Gasteiger partial charge in [-0.25, -0.2) is 13.8 Å². The van der Waals surface area contributed by atoms with Crippen molar-refractivity contribution in [3.63, 3.8) is 0 Å². The van der Waals surface area contributed by atoms with Crippen LogP contribution in [0.15, 0.2) is 60.7 Å². The Morgan fingerprint density at radius 2 is 1.88 bits per heavy atom. The van der Waals surface area contributed by atoms with Crippen LogP contribution in [0.4, 0.5) is 8.78 Å². The van der Waals surface area contributed by atoms with Crippen LogP contribution in [0.25, 0.3) is 10.9 Å². The highest BCUT2D eigenvalue weighted by Crippen LogP contribution is 2.21. The first-order valence-electron chi connectivity index (χ1n) is 7.70. The van der Waals surface area contributed by atoms with E-state index in [4.69, 9.17) is 11.6 Å². The Morgan fingerprint density at radius 3 is 2.68 bits per heavy atom. The molecule has 0 unspecified atom stereocenters. The van der Waals surface area contributed by atoms with Crippen molar-refractivity contribution < 1.29 is 13.6 Å². The standard InChI is InChI=1S/C20H14ClF2NO/c21-20-15(10-14-4-1-2-7-19(14)24-20)5-3-6-17(25)11-13-8-9-16(22)12-18(13)23/h1-4,6-10,12H,5,11H2/b6-3+. The average Bonchev–Trinajstić information content (AvgIpc) is 2.58. The summed E-state index contributed by atoms with van der Waals surface area (Å²) in [4.78, 5) is 16.3. The molecule has 0 aliphatic rings. The predicted molar refractivity (Wildman–Crippen MR) is 94.7 cm³/mol. The lowest BCUT2D eigenvalue weighted by molar-refractivity contribution is -0.114. The number of hydrogen-bond acceptors (Lipinski definition) is 2. The minimum absolute atomic E-state index is 0.119. The molecule has 0 radical (unpaired) electrons. The summed E-state index contributed by atoms with van der Waals surface area (Å²) in [5.41, 5.74) is 1.78. The smallest absolute Gasteiger partial charge is 0.159 e. The first kappa shape index (κ1) is 17.2. The normalized spacial score (nSPS) is 11.3. The Hall–Kier alpha value is -2.59. The zero-order valence-corrected chi connectivity index (χ0v) is 13.9. The van der Waals surface area contributed by atoms with Crippen molar-refractivity contribution in [1.82, 2.24) is 4.98 Å². The summed E-state index contributed by atoms with van der Waals surface area (Å²) >= 11 is 6.17. The van der Waals surface area contributed by atoms with Crippen molar-refractivity contribution in [2.24, 2.45) is 0 Å². The van der Waals surface area contributed by atoms with Crippen molar-refractivity contribution in [2.45, 2.75) is 12.8 Å². The van der Waals surface area contributed by atoms with Crippen LogP contribution in [0.2, 0.25) is 5.15 Å². The molecule has 0 spiro atoms. The summed E-state index contributed by atoms with van der Waals surface area (Å²) in [5.74, 6) is -1.65. The number of ketones is 1. The number of fused-ring (bicyclic) bond motifs is 1. The minimum atomic E-state index is -0.719. The van der Waals surface area contributed by atoms with Gasteiger partial charge >= 0.3 is 0 Å². The largest absolute Gasteiger partial charge is 0.294 e. The van der Waals surface area contributed by atoms with Gasteiger partial charge in [-0.3, -0.25) is 4.79 Å². The fourth-order valence-corrected chi connectivity index (χ4v) is 2.73. The number of carbonyl (C=O) groups excluding carboxylic acids is 1. The second-order valence-electron chi connectivity index (χ2n) is 5.62. The molecular formula is C20H14ClF2NO. The van der Waals surface area contributed by atoms with E-state index < -0.39 is 11.6 Å². The number of hydrogen-bond donors (Lipinski definition) is 0. The second kappa shape index (κ2) is 7.53. The van der Waals surface area contributed by atoms with Gasteiger partial charge in [-0.2, -0.15) is 0 Å². The highest BCUT2D eigenvalue weighted by molar-refractivity contribution is 6.30. The van der Waals surface area contributed by atoms with Crippen molar-refractivity contribution in [3.05, 3.63) is 88.6 Å². The fraction of sp³-hybridized carbons (Fsp3) is 0.100. The number of pyridine rings is 1. The molecule has 0 N–H and O–H groups in total. The number of rotatable bonds is 5. The maximum Gasteiger partial charge on any atom is 0.159 e. The van der Waals surface area contributed by atoms with Gasteiger partial charge in [0.2, 0.25) is 0 Å². The molecule has 2 nitrogen and oxygen atoms in total. The molecule has 1 heterocycles. The van der Waals surface area contributed by atoms with Gasteiger partial charge < -0.3 is 0 Å². The zero-order chi connectivity index (χ0) is 17.8. The average molecular weight is 358 g/mol. The molecule has 0 saturated carbocycles. The van der Waals surface area contributed by atoms with Crippen LogP contribution in [0.3, 0.4) is 0 Å². The number of carbonyl (C=O) groups is 1. The van der Waals surface area contributed by atoms with E-state index in [1.165, 1.54) is 12.1 Å².